The Kier molecular flexibility index (Phi) is 4.35. The summed E-state index contributed by atoms with van der Waals surface area (Å²) >= 11 is 0. The van der Waals surface area contributed by atoms with Crippen LogP contribution in [0.3, 0.4) is 0 Å². The van der Waals surface area contributed by atoms with Gasteiger partial charge in [0.05, 0.1) is 0 Å². The van der Waals surface area contributed by atoms with E-state index in [2.05, 4.69) is 58.1 Å². The van der Waals surface area contributed by atoms with E-state index in [1.807, 2.05) is 0 Å². The first-order valence-corrected chi connectivity index (χ1v) is 7.69. The molecule has 1 aromatic rings. The summed E-state index contributed by atoms with van der Waals surface area (Å²) in [5.74, 6) is 1.57. The highest BCUT2D eigenvalue weighted by atomic mass is 14.9. The average molecular weight is 259 g/mol. The topological polar surface area (TPSA) is 12.0 Å². The molecule has 0 bridgehead atoms. The molecular weight excluding hydrogens is 230 g/mol. The molecule has 1 nitrogen and oxygen atoms in total. The maximum atomic E-state index is 3.69. The third kappa shape index (κ3) is 3.82. The average Bonchev–Trinajstić information content (AvgIpc) is 2.73. The van der Waals surface area contributed by atoms with Crippen LogP contribution in [0.1, 0.15) is 62.6 Å². The molecule has 0 aromatic heterocycles. The van der Waals surface area contributed by atoms with Gasteiger partial charge in [0.2, 0.25) is 0 Å². The minimum absolute atomic E-state index is 0.232. The Morgan fingerprint density at radius 2 is 1.89 bits per heavy atom. The Balaban J connectivity index is 2.10. The van der Waals surface area contributed by atoms with Crippen molar-refractivity contribution in [2.45, 2.75) is 65.3 Å². The number of nitrogens with one attached hydrogen (secondary N) is 1. The zero-order chi connectivity index (χ0) is 14.0. The smallest absolute Gasteiger partial charge is 0.00966 e. The van der Waals surface area contributed by atoms with E-state index in [1.165, 1.54) is 30.4 Å². The molecule has 1 fully saturated rings. The van der Waals surface area contributed by atoms with E-state index in [9.17, 15) is 0 Å². The Morgan fingerprint density at radius 1 is 1.16 bits per heavy atom. The molecule has 1 aromatic carbocycles. The number of rotatable bonds is 3. The number of aryl methyl sites for hydroxylation is 2. The molecular formula is C18H29N. The van der Waals surface area contributed by atoms with Gasteiger partial charge in [-0.25, -0.2) is 0 Å². The van der Waals surface area contributed by atoms with Crippen LogP contribution in [-0.2, 0) is 0 Å². The van der Waals surface area contributed by atoms with E-state index >= 15 is 0 Å². The molecule has 1 N–H and O–H groups in total. The monoisotopic (exact) mass is 259 g/mol. The number of benzene rings is 1. The molecule has 2 unspecified atom stereocenters. The number of hydrogen-bond acceptors (Lipinski definition) is 1. The molecule has 0 radical (unpaired) electrons. The van der Waals surface area contributed by atoms with E-state index in [4.69, 9.17) is 0 Å². The van der Waals surface area contributed by atoms with Gasteiger partial charge in [-0.15, -0.1) is 0 Å². The molecule has 0 heterocycles. The zero-order valence-corrected chi connectivity index (χ0v) is 13.2. The summed E-state index contributed by atoms with van der Waals surface area (Å²) in [6, 6.07) is 6.97. The van der Waals surface area contributed by atoms with Crippen molar-refractivity contribution < 1.29 is 0 Å². The maximum absolute atomic E-state index is 3.69. The van der Waals surface area contributed by atoms with Crippen molar-refractivity contribution in [3.05, 3.63) is 34.9 Å². The highest BCUT2D eigenvalue weighted by Gasteiger charge is 2.30. The lowest BCUT2D eigenvalue weighted by Crippen LogP contribution is -2.39. The summed E-state index contributed by atoms with van der Waals surface area (Å²) in [6.07, 6.45) is 4.12. The second-order valence-electron chi connectivity index (χ2n) is 7.29. The first-order valence-electron chi connectivity index (χ1n) is 7.69. The summed E-state index contributed by atoms with van der Waals surface area (Å²) in [4.78, 5) is 0. The van der Waals surface area contributed by atoms with Crippen LogP contribution in [0, 0.1) is 19.8 Å². The molecule has 0 amide bonds. The first-order chi connectivity index (χ1) is 8.87. The van der Waals surface area contributed by atoms with E-state index in [1.54, 1.807) is 5.56 Å². The van der Waals surface area contributed by atoms with Gasteiger partial charge >= 0.3 is 0 Å². The second-order valence-corrected chi connectivity index (χ2v) is 7.29. The first kappa shape index (κ1) is 14.6. The second kappa shape index (κ2) is 5.66. The SMILES string of the molecule is Cc1ccc(C2CCCC2CNC(C)(C)C)c(C)c1. The summed E-state index contributed by atoms with van der Waals surface area (Å²) in [7, 11) is 0. The molecule has 1 saturated carbocycles. The van der Waals surface area contributed by atoms with Crippen molar-refractivity contribution in [3.63, 3.8) is 0 Å². The fraction of sp³-hybridized carbons (Fsp3) is 0.667. The van der Waals surface area contributed by atoms with Gasteiger partial charge in [-0.1, -0.05) is 30.2 Å². The molecule has 19 heavy (non-hydrogen) atoms. The lowest BCUT2D eigenvalue weighted by Gasteiger charge is -2.27. The van der Waals surface area contributed by atoms with Crippen molar-refractivity contribution in [1.29, 1.82) is 0 Å². The minimum Gasteiger partial charge on any atom is -0.312 e. The van der Waals surface area contributed by atoms with Crippen molar-refractivity contribution >= 4 is 0 Å². The maximum Gasteiger partial charge on any atom is 0.00966 e. The van der Waals surface area contributed by atoms with E-state index in [0.717, 1.165) is 18.4 Å². The van der Waals surface area contributed by atoms with Crippen LogP contribution in [0.25, 0.3) is 0 Å². The molecule has 1 aliphatic rings. The van der Waals surface area contributed by atoms with E-state index in [-0.39, 0.29) is 5.54 Å². The van der Waals surface area contributed by atoms with Crippen LogP contribution in [-0.4, -0.2) is 12.1 Å². The van der Waals surface area contributed by atoms with Crippen LogP contribution in [0.15, 0.2) is 18.2 Å². The van der Waals surface area contributed by atoms with Crippen molar-refractivity contribution in [2.75, 3.05) is 6.54 Å². The van der Waals surface area contributed by atoms with E-state index in [0.29, 0.717) is 0 Å². The summed E-state index contributed by atoms with van der Waals surface area (Å²) in [5, 5.41) is 3.69. The molecule has 2 atom stereocenters. The van der Waals surface area contributed by atoms with Gasteiger partial charge in [0.25, 0.3) is 0 Å². The molecule has 1 aliphatic carbocycles. The largest absolute Gasteiger partial charge is 0.312 e. The van der Waals surface area contributed by atoms with Gasteiger partial charge in [-0.2, -0.15) is 0 Å². The predicted octanol–water partition coefficient (Wildman–Crippen LogP) is 4.58. The Morgan fingerprint density at radius 3 is 2.53 bits per heavy atom. The predicted molar refractivity (Wildman–Crippen MR) is 83.8 cm³/mol. The minimum atomic E-state index is 0.232. The Bertz CT molecular complexity index is 428. The lowest BCUT2D eigenvalue weighted by molar-refractivity contribution is 0.356. The van der Waals surface area contributed by atoms with Crippen LogP contribution in [0.5, 0.6) is 0 Å². The standard InChI is InChI=1S/C18H29N/c1-13-9-10-16(14(2)11-13)17-8-6-7-15(17)12-19-18(3,4)5/h9-11,15,17,19H,6-8,12H2,1-5H3. The molecule has 106 valence electrons. The van der Waals surface area contributed by atoms with Crippen molar-refractivity contribution in [1.82, 2.24) is 5.32 Å². The molecule has 0 spiro atoms. The van der Waals surface area contributed by atoms with Crippen LogP contribution in [0.4, 0.5) is 0 Å². The van der Waals surface area contributed by atoms with Crippen LogP contribution in [0.2, 0.25) is 0 Å². The van der Waals surface area contributed by atoms with Crippen molar-refractivity contribution in [2.24, 2.45) is 5.92 Å². The summed E-state index contributed by atoms with van der Waals surface area (Å²) < 4.78 is 0. The molecule has 2 rings (SSSR count). The Labute approximate surface area is 118 Å². The van der Waals surface area contributed by atoms with Gasteiger partial charge in [-0.3, -0.25) is 0 Å². The fourth-order valence-electron chi connectivity index (χ4n) is 3.37. The van der Waals surface area contributed by atoms with Crippen molar-refractivity contribution in [3.8, 4) is 0 Å². The highest BCUT2D eigenvalue weighted by Crippen LogP contribution is 2.40. The third-order valence-electron chi connectivity index (χ3n) is 4.38. The lowest BCUT2D eigenvalue weighted by atomic mass is 9.85. The normalized spacial score (nSPS) is 23.8. The summed E-state index contributed by atoms with van der Waals surface area (Å²) in [6.45, 7) is 12.4. The van der Waals surface area contributed by atoms with Gasteiger partial charge in [0.1, 0.15) is 0 Å². The third-order valence-corrected chi connectivity index (χ3v) is 4.38. The fourth-order valence-corrected chi connectivity index (χ4v) is 3.37. The quantitative estimate of drug-likeness (QED) is 0.838. The highest BCUT2D eigenvalue weighted by molar-refractivity contribution is 5.34. The number of hydrogen-bond donors (Lipinski definition) is 1. The van der Waals surface area contributed by atoms with Crippen LogP contribution >= 0.6 is 0 Å². The molecule has 0 aliphatic heterocycles. The molecule has 1 heteroatoms. The van der Waals surface area contributed by atoms with E-state index < -0.39 is 0 Å². The molecule has 0 saturated heterocycles. The van der Waals surface area contributed by atoms with Gasteiger partial charge < -0.3 is 5.32 Å². The zero-order valence-electron chi connectivity index (χ0n) is 13.2. The van der Waals surface area contributed by atoms with Gasteiger partial charge in [0.15, 0.2) is 0 Å². The van der Waals surface area contributed by atoms with Gasteiger partial charge in [0, 0.05) is 5.54 Å². The summed E-state index contributed by atoms with van der Waals surface area (Å²) in [5.41, 5.74) is 4.68. The Hall–Kier alpha value is -0.820. The van der Waals surface area contributed by atoms with Gasteiger partial charge in [-0.05, 0) is 77.0 Å². The van der Waals surface area contributed by atoms with Crippen LogP contribution < -0.4 is 5.32 Å².